The van der Waals surface area contributed by atoms with E-state index in [1.54, 1.807) is 0 Å². The summed E-state index contributed by atoms with van der Waals surface area (Å²) >= 11 is 0. The van der Waals surface area contributed by atoms with Gasteiger partial charge in [0.1, 0.15) is 5.82 Å². The van der Waals surface area contributed by atoms with Gasteiger partial charge in [0.05, 0.1) is 17.6 Å². The third-order valence-electron chi connectivity index (χ3n) is 4.15. The zero-order valence-electron chi connectivity index (χ0n) is 13.7. The highest BCUT2D eigenvalue weighted by Crippen LogP contribution is 2.22. The number of fused-ring (bicyclic) bond motifs is 3. The summed E-state index contributed by atoms with van der Waals surface area (Å²) in [4.78, 5) is 19.2. The summed E-state index contributed by atoms with van der Waals surface area (Å²) in [7, 11) is 0. The summed E-state index contributed by atoms with van der Waals surface area (Å²) in [6, 6.07) is 5.85. The van der Waals surface area contributed by atoms with Crippen molar-refractivity contribution in [2.24, 2.45) is 0 Å². The molecular weight excluding hydrogens is 292 g/mol. The van der Waals surface area contributed by atoms with Crippen LogP contribution in [-0.2, 0) is 13.1 Å². The van der Waals surface area contributed by atoms with Crippen molar-refractivity contribution >= 4 is 16.9 Å². The average molecular weight is 316 g/mol. The van der Waals surface area contributed by atoms with Gasteiger partial charge < -0.3 is 15.0 Å². The molecular formula is C17H24N4O2. The van der Waals surface area contributed by atoms with Crippen molar-refractivity contribution < 1.29 is 9.90 Å². The number of aliphatic hydroxyl groups excluding tert-OH is 1. The lowest BCUT2D eigenvalue weighted by atomic mass is 10.1. The summed E-state index contributed by atoms with van der Waals surface area (Å²) in [6.45, 7) is 7.67. The molecule has 0 unspecified atom stereocenters. The molecule has 2 N–H and O–H groups in total. The number of carbonyl (C=O) groups excluding carboxylic acids is 1. The summed E-state index contributed by atoms with van der Waals surface area (Å²) in [5.41, 5.74) is 2.61. The minimum Gasteiger partial charge on any atom is -0.396 e. The number of hydrogen-bond acceptors (Lipinski definition) is 4. The summed E-state index contributed by atoms with van der Waals surface area (Å²) in [5, 5.41) is 11.9. The standard InChI is InChI=1S/C17H24N4O2/c1-12(2)18-17(23)13-4-5-15-14(10-13)19-16-11-20(6-3-9-22)7-8-21(15)16/h4-5,10,12,22H,3,6-9,11H2,1-2H3,(H,18,23). The van der Waals surface area contributed by atoms with Crippen LogP contribution in [-0.4, -0.2) is 51.2 Å². The molecule has 1 aliphatic rings. The van der Waals surface area contributed by atoms with E-state index in [0.717, 1.165) is 49.5 Å². The number of benzene rings is 1. The normalized spacial score (nSPS) is 15.1. The van der Waals surface area contributed by atoms with Gasteiger partial charge in [-0.25, -0.2) is 4.98 Å². The van der Waals surface area contributed by atoms with Crippen molar-refractivity contribution in [2.45, 2.75) is 39.4 Å². The molecule has 0 radical (unpaired) electrons. The first kappa shape index (κ1) is 16.0. The number of imidazole rings is 1. The van der Waals surface area contributed by atoms with E-state index >= 15 is 0 Å². The van der Waals surface area contributed by atoms with Gasteiger partial charge in [-0.05, 0) is 38.5 Å². The Labute approximate surface area is 136 Å². The third-order valence-corrected chi connectivity index (χ3v) is 4.15. The molecule has 0 saturated heterocycles. The van der Waals surface area contributed by atoms with E-state index in [4.69, 9.17) is 10.1 Å². The molecule has 23 heavy (non-hydrogen) atoms. The van der Waals surface area contributed by atoms with Crippen LogP contribution in [0.4, 0.5) is 0 Å². The van der Waals surface area contributed by atoms with Crippen molar-refractivity contribution in [3.05, 3.63) is 29.6 Å². The van der Waals surface area contributed by atoms with Crippen molar-refractivity contribution in [2.75, 3.05) is 19.7 Å². The Morgan fingerprint density at radius 1 is 1.39 bits per heavy atom. The summed E-state index contributed by atoms with van der Waals surface area (Å²) in [6.07, 6.45) is 0.791. The van der Waals surface area contributed by atoms with Gasteiger partial charge in [0.25, 0.3) is 5.91 Å². The van der Waals surface area contributed by atoms with Crippen LogP contribution in [0.3, 0.4) is 0 Å². The fourth-order valence-electron chi connectivity index (χ4n) is 3.04. The van der Waals surface area contributed by atoms with Crippen molar-refractivity contribution in [1.29, 1.82) is 0 Å². The molecule has 0 bridgehead atoms. The Kier molecular flexibility index (Phi) is 4.63. The average Bonchev–Trinajstić information content (AvgIpc) is 2.88. The van der Waals surface area contributed by atoms with Gasteiger partial charge >= 0.3 is 0 Å². The number of carbonyl (C=O) groups is 1. The highest BCUT2D eigenvalue weighted by Gasteiger charge is 2.20. The van der Waals surface area contributed by atoms with Crippen molar-refractivity contribution in [3.63, 3.8) is 0 Å². The lowest BCUT2D eigenvalue weighted by Gasteiger charge is -2.27. The quantitative estimate of drug-likeness (QED) is 0.874. The van der Waals surface area contributed by atoms with Crippen LogP contribution in [0.25, 0.3) is 11.0 Å². The largest absolute Gasteiger partial charge is 0.396 e. The zero-order chi connectivity index (χ0) is 16.4. The Morgan fingerprint density at radius 3 is 2.96 bits per heavy atom. The first-order valence-electron chi connectivity index (χ1n) is 8.21. The molecule has 0 spiro atoms. The SMILES string of the molecule is CC(C)NC(=O)c1ccc2c(c1)nc1n2CCN(CCCO)C1. The van der Waals surface area contributed by atoms with Gasteiger partial charge in [-0.3, -0.25) is 9.69 Å². The van der Waals surface area contributed by atoms with E-state index in [1.807, 2.05) is 32.0 Å². The van der Waals surface area contributed by atoms with Crippen LogP contribution in [0.15, 0.2) is 18.2 Å². The fraction of sp³-hybridized carbons (Fsp3) is 0.529. The zero-order valence-corrected chi connectivity index (χ0v) is 13.7. The second kappa shape index (κ2) is 6.68. The second-order valence-corrected chi connectivity index (χ2v) is 6.36. The molecule has 2 aromatic rings. The van der Waals surface area contributed by atoms with E-state index in [9.17, 15) is 4.79 Å². The molecule has 1 aromatic heterocycles. The predicted molar refractivity (Wildman–Crippen MR) is 89.3 cm³/mol. The highest BCUT2D eigenvalue weighted by molar-refractivity contribution is 5.97. The highest BCUT2D eigenvalue weighted by atomic mass is 16.3. The van der Waals surface area contributed by atoms with E-state index in [2.05, 4.69) is 14.8 Å². The monoisotopic (exact) mass is 316 g/mol. The Hall–Kier alpha value is -1.92. The summed E-state index contributed by atoms with van der Waals surface area (Å²) < 4.78 is 2.23. The van der Waals surface area contributed by atoms with Crippen LogP contribution >= 0.6 is 0 Å². The summed E-state index contributed by atoms with van der Waals surface area (Å²) in [5.74, 6) is 0.975. The minimum atomic E-state index is -0.0579. The molecule has 0 fully saturated rings. The molecule has 1 aromatic carbocycles. The number of amides is 1. The van der Waals surface area contributed by atoms with Gasteiger partial charge in [0, 0.05) is 37.8 Å². The van der Waals surface area contributed by atoms with Crippen LogP contribution in [0, 0.1) is 0 Å². The molecule has 2 heterocycles. The van der Waals surface area contributed by atoms with Crippen LogP contribution in [0.1, 0.15) is 36.5 Å². The van der Waals surface area contributed by atoms with E-state index in [0.29, 0.717) is 5.56 Å². The molecule has 0 aliphatic carbocycles. The number of hydrogen-bond donors (Lipinski definition) is 2. The number of aromatic nitrogens is 2. The van der Waals surface area contributed by atoms with E-state index in [-0.39, 0.29) is 18.6 Å². The van der Waals surface area contributed by atoms with Crippen LogP contribution < -0.4 is 5.32 Å². The number of rotatable bonds is 5. The lowest BCUT2D eigenvalue weighted by Crippen LogP contribution is -2.34. The Balaban J connectivity index is 1.84. The molecule has 6 nitrogen and oxygen atoms in total. The number of aliphatic hydroxyl groups is 1. The molecule has 0 saturated carbocycles. The number of nitrogens with one attached hydrogen (secondary N) is 1. The van der Waals surface area contributed by atoms with Gasteiger partial charge in [0.15, 0.2) is 0 Å². The maximum Gasteiger partial charge on any atom is 0.251 e. The first-order valence-corrected chi connectivity index (χ1v) is 8.21. The molecule has 3 rings (SSSR count). The molecule has 0 atom stereocenters. The first-order chi connectivity index (χ1) is 11.1. The van der Waals surface area contributed by atoms with Crippen LogP contribution in [0.2, 0.25) is 0 Å². The maximum atomic E-state index is 12.1. The number of nitrogens with zero attached hydrogens (tertiary/aromatic N) is 3. The molecule has 1 amide bonds. The van der Waals surface area contributed by atoms with E-state index < -0.39 is 0 Å². The third kappa shape index (κ3) is 3.38. The lowest BCUT2D eigenvalue weighted by molar-refractivity contribution is 0.0943. The van der Waals surface area contributed by atoms with Crippen molar-refractivity contribution in [3.8, 4) is 0 Å². The topological polar surface area (TPSA) is 70.4 Å². The Bertz CT molecular complexity index is 708. The fourth-order valence-corrected chi connectivity index (χ4v) is 3.04. The molecule has 6 heteroatoms. The maximum absolute atomic E-state index is 12.1. The van der Waals surface area contributed by atoms with Gasteiger partial charge in [-0.2, -0.15) is 0 Å². The van der Waals surface area contributed by atoms with Gasteiger partial charge in [-0.15, -0.1) is 0 Å². The van der Waals surface area contributed by atoms with Crippen LogP contribution in [0.5, 0.6) is 0 Å². The Morgan fingerprint density at radius 2 is 2.22 bits per heavy atom. The van der Waals surface area contributed by atoms with E-state index in [1.165, 1.54) is 0 Å². The van der Waals surface area contributed by atoms with Crippen molar-refractivity contribution in [1.82, 2.24) is 19.8 Å². The minimum absolute atomic E-state index is 0.0579. The van der Waals surface area contributed by atoms with Gasteiger partial charge in [0.2, 0.25) is 0 Å². The second-order valence-electron chi connectivity index (χ2n) is 6.36. The predicted octanol–water partition coefficient (Wildman–Crippen LogP) is 1.37. The molecule has 124 valence electrons. The van der Waals surface area contributed by atoms with Gasteiger partial charge in [-0.1, -0.05) is 0 Å². The molecule has 1 aliphatic heterocycles. The smallest absolute Gasteiger partial charge is 0.251 e.